The number of aromatic carboxylic acids is 1. The summed E-state index contributed by atoms with van der Waals surface area (Å²) >= 11 is 5.86. The number of halogens is 1. The first kappa shape index (κ1) is 18.8. The number of nitrogens with zero attached hydrogens (tertiary/aromatic N) is 2. The Kier molecular flexibility index (Phi) is 7.15. The molecule has 9 heteroatoms. The molecule has 0 aliphatic heterocycles. The molecule has 0 radical (unpaired) electrons. The van der Waals surface area contributed by atoms with E-state index in [0.717, 1.165) is 0 Å². The predicted molar refractivity (Wildman–Crippen MR) is 81.6 cm³/mol. The van der Waals surface area contributed by atoms with Crippen molar-refractivity contribution < 1.29 is 27.0 Å². The fraction of sp³-hybridized carbons (Fsp3) is 0.154. The number of methoxy groups -OCH3 is 2. The van der Waals surface area contributed by atoms with E-state index in [1.807, 2.05) is 0 Å². The Morgan fingerprint density at radius 3 is 2.32 bits per heavy atom. The Morgan fingerprint density at radius 1 is 1.23 bits per heavy atom. The summed E-state index contributed by atoms with van der Waals surface area (Å²) in [5.74, 6) is -0.762. The van der Waals surface area contributed by atoms with E-state index in [4.69, 9.17) is 25.8 Å². The molecule has 0 unspecified atom stereocenters. The van der Waals surface area contributed by atoms with Crippen LogP contribution in [0.25, 0.3) is 0 Å². The molecule has 0 aliphatic carbocycles. The molecule has 22 heavy (non-hydrogen) atoms. The molecular formula is C13H13CaClN2O5. The van der Waals surface area contributed by atoms with Gasteiger partial charge in [0.15, 0.2) is 0 Å². The summed E-state index contributed by atoms with van der Waals surface area (Å²) in [5.41, 5.74) is -0.176. The molecule has 1 aromatic carbocycles. The number of aromatic nitrogens is 2. The van der Waals surface area contributed by atoms with Crippen LogP contribution in [0, 0.1) is 0 Å². The minimum atomic E-state index is -1.22. The number of benzene rings is 1. The minimum absolute atomic E-state index is 0. The van der Waals surface area contributed by atoms with Crippen LogP contribution in [0.15, 0.2) is 24.3 Å². The van der Waals surface area contributed by atoms with Gasteiger partial charge in [-0.3, -0.25) is 0 Å². The van der Waals surface area contributed by atoms with Crippen LogP contribution in [0.2, 0.25) is 5.02 Å². The molecule has 0 atom stereocenters. The molecule has 0 saturated carbocycles. The Morgan fingerprint density at radius 2 is 1.82 bits per heavy atom. The number of ether oxygens (including phenoxy) is 3. The van der Waals surface area contributed by atoms with E-state index in [1.165, 1.54) is 32.4 Å². The van der Waals surface area contributed by atoms with Crippen LogP contribution in [0.5, 0.6) is 23.5 Å². The van der Waals surface area contributed by atoms with Gasteiger partial charge in [0.2, 0.25) is 11.8 Å². The van der Waals surface area contributed by atoms with Crippen LogP contribution < -0.4 is 14.2 Å². The van der Waals surface area contributed by atoms with Gasteiger partial charge in [0.25, 0.3) is 0 Å². The van der Waals surface area contributed by atoms with Gasteiger partial charge in [0, 0.05) is 0 Å². The van der Waals surface area contributed by atoms with Gasteiger partial charge in [0.1, 0.15) is 11.3 Å². The normalized spacial score (nSPS) is 9.59. The molecule has 0 aliphatic rings. The van der Waals surface area contributed by atoms with Crippen molar-refractivity contribution in [3.8, 4) is 23.5 Å². The first-order valence-electron chi connectivity index (χ1n) is 5.72. The van der Waals surface area contributed by atoms with Crippen molar-refractivity contribution in [2.24, 2.45) is 0 Å². The Hall–Kier alpha value is -1.28. The number of carboxylic acid groups (broad SMARTS) is 1. The standard InChI is InChI=1S/C13H11ClN2O5.Ca.2H/c1-19-9-6-10(20-2)16-13(15-9)21-8-5-3-4-7(14)11(8)12(17)18;;;/h3-6H,1-2H3,(H,17,18);;;/q;+2;2*-1. The maximum Gasteiger partial charge on any atom is 2.00 e. The number of carbonyl (C=O) groups is 1. The van der Waals surface area contributed by atoms with E-state index >= 15 is 0 Å². The first-order chi connectivity index (χ1) is 10.0. The number of rotatable bonds is 5. The van der Waals surface area contributed by atoms with Crippen molar-refractivity contribution in [1.82, 2.24) is 9.97 Å². The van der Waals surface area contributed by atoms with Gasteiger partial charge in [-0.25, -0.2) is 4.79 Å². The third-order valence-corrected chi connectivity index (χ3v) is 2.78. The van der Waals surface area contributed by atoms with E-state index in [1.54, 1.807) is 6.07 Å². The second-order valence-electron chi connectivity index (χ2n) is 3.76. The summed E-state index contributed by atoms with van der Waals surface area (Å²) in [6.45, 7) is 0. The largest absolute Gasteiger partial charge is 2.00 e. The maximum atomic E-state index is 11.2. The Bertz CT molecular complexity index is 671. The molecule has 1 heterocycles. The molecule has 0 spiro atoms. The second kappa shape index (κ2) is 8.38. The molecule has 0 amide bonds. The van der Waals surface area contributed by atoms with Crippen LogP contribution in [0.3, 0.4) is 0 Å². The van der Waals surface area contributed by atoms with Crippen LogP contribution >= 0.6 is 11.6 Å². The summed E-state index contributed by atoms with van der Waals surface area (Å²) in [4.78, 5) is 19.1. The van der Waals surface area contributed by atoms with Gasteiger partial charge in [-0.2, -0.15) is 9.97 Å². The van der Waals surface area contributed by atoms with Crippen molar-refractivity contribution in [3.63, 3.8) is 0 Å². The molecular weight excluding hydrogens is 340 g/mol. The summed E-state index contributed by atoms with van der Waals surface area (Å²) in [6.07, 6.45) is 0. The molecule has 7 nitrogen and oxygen atoms in total. The monoisotopic (exact) mass is 352 g/mol. The zero-order valence-electron chi connectivity index (χ0n) is 13.9. The number of hydrogen-bond acceptors (Lipinski definition) is 6. The molecule has 2 rings (SSSR count). The minimum Gasteiger partial charge on any atom is -1.00 e. The number of hydrogen-bond donors (Lipinski definition) is 1. The van der Waals surface area contributed by atoms with Crippen molar-refractivity contribution >= 4 is 55.3 Å². The Labute approximate surface area is 164 Å². The fourth-order valence-electron chi connectivity index (χ4n) is 1.53. The van der Waals surface area contributed by atoms with E-state index in [9.17, 15) is 9.90 Å². The van der Waals surface area contributed by atoms with Crippen molar-refractivity contribution in [3.05, 3.63) is 34.9 Å². The molecule has 0 bridgehead atoms. The fourth-order valence-corrected chi connectivity index (χ4v) is 1.78. The molecule has 2 aromatic rings. The smallest absolute Gasteiger partial charge is 1.00 e. The summed E-state index contributed by atoms with van der Waals surface area (Å²) in [5, 5.41) is 9.22. The van der Waals surface area contributed by atoms with Gasteiger partial charge >= 0.3 is 49.7 Å². The van der Waals surface area contributed by atoms with E-state index in [2.05, 4.69) is 9.97 Å². The zero-order valence-corrected chi connectivity index (χ0v) is 14.8. The third kappa shape index (κ3) is 4.36. The summed E-state index contributed by atoms with van der Waals surface area (Å²) in [7, 11) is 2.85. The SMILES string of the molecule is COc1cc(OC)nc(Oc2cccc(Cl)c2C(=O)O)n1.[Ca+2].[H-].[H-]. The van der Waals surface area contributed by atoms with Crippen LogP contribution in [-0.2, 0) is 0 Å². The van der Waals surface area contributed by atoms with Gasteiger partial charge < -0.3 is 22.2 Å². The average Bonchev–Trinajstić information content (AvgIpc) is 2.46. The topological polar surface area (TPSA) is 90.8 Å². The second-order valence-corrected chi connectivity index (χ2v) is 4.16. The molecule has 0 fully saturated rings. The molecule has 1 aromatic heterocycles. The predicted octanol–water partition coefficient (Wildman–Crippen LogP) is 2.48. The van der Waals surface area contributed by atoms with E-state index in [0.29, 0.717) is 0 Å². The molecule has 0 saturated heterocycles. The Balaban J connectivity index is 0. The van der Waals surface area contributed by atoms with Crippen LogP contribution in [-0.4, -0.2) is 73.0 Å². The van der Waals surface area contributed by atoms with Gasteiger partial charge in [-0.15, -0.1) is 0 Å². The summed E-state index contributed by atoms with van der Waals surface area (Å²) < 4.78 is 15.4. The average molecular weight is 353 g/mol. The zero-order chi connectivity index (χ0) is 15.4. The van der Waals surface area contributed by atoms with Crippen molar-refractivity contribution in [1.29, 1.82) is 0 Å². The third-order valence-electron chi connectivity index (χ3n) is 2.47. The maximum absolute atomic E-state index is 11.2. The van der Waals surface area contributed by atoms with Gasteiger partial charge in [-0.05, 0) is 12.1 Å². The molecule has 1 N–H and O–H groups in total. The summed E-state index contributed by atoms with van der Waals surface area (Å²) in [6, 6.07) is 5.80. The first-order valence-corrected chi connectivity index (χ1v) is 6.09. The molecule has 114 valence electrons. The van der Waals surface area contributed by atoms with Gasteiger partial charge in [-0.1, -0.05) is 17.7 Å². The van der Waals surface area contributed by atoms with Crippen molar-refractivity contribution in [2.75, 3.05) is 14.2 Å². The quantitative estimate of drug-likeness (QED) is 0.826. The number of carboxylic acids is 1. The van der Waals surface area contributed by atoms with Crippen LogP contribution in [0.1, 0.15) is 13.2 Å². The van der Waals surface area contributed by atoms with Gasteiger partial charge in [0.05, 0.1) is 25.3 Å². The van der Waals surface area contributed by atoms with Crippen molar-refractivity contribution in [2.45, 2.75) is 0 Å². The van der Waals surface area contributed by atoms with E-state index in [-0.39, 0.29) is 74.7 Å². The van der Waals surface area contributed by atoms with Crippen LogP contribution in [0.4, 0.5) is 0 Å². The van der Waals surface area contributed by atoms with E-state index < -0.39 is 5.97 Å².